The lowest BCUT2D eigenvalue weighted by molar-refractivity contribution is -0.123. The molecule has 0 spiro atoms. The van der Waals surface area contributed by atoms with E-state index < -0.39 is 29.4 Å². The molecule has 0 aliphatic heterocycles. The second-order valence-electron chi connectivity index (χ2n) is 13.0. The minimum atomic E-state index is -0.876. The highest BCUT2D eigenvalue weighted by molar-refractivity contribution is 6.26. The largest absolute Gasteiger partial charge is 0.444 e. The maximum absolute atomic E-state index is 13.5. The molecule has 2 aromatic carbocycles. The van der Waals surface area contributed by atoms with Gasteiger partial charge in [0.1, 0.15) is 17.2 Å². The molecule has 0 saturated heterocycles. The molecule has 3 rings (SSSR count). The molecule has 2 aromatic rings. The Hall–Kier alpha value is -4.47. The molecule has 3 amide bonds. The number of fused-ring (bicyclic) bond motifs is 1. The molecule has 242 valence electrons. The minimum Gasteiger partial charge on any atom is -0.444 e. The fourth-order valence-electron chi connectivity index (χ4n) is 4.89. The Bertz CT molecular complexity index is 1420. The van der Waals surface area contributed by atoms with Gasteiger partial charge in [-0.3, -0.25) is 14.4 Å². The van der Waals surface area contributed by atoms with Crippen LogP contribution in [0.15, 0.2) is 65.7 Å². The fourth-order valence-corrected chi connectivity index (χ4v) is 4.89. The molecule has 45 heavy (non-hydrogen) atoms. The van der Waals surface area contributed by atoms with Gasteiger partial charge in [-0.1, -0.05) is 54.6 Å². The highest BCUT2D eigenvalue weighted by Crippen LogP contribution is 2.31. The Morgan fingerprint density at radius 3 is 1.64 bits per heavy atom. The first-order valence-corrected chi connectivity index (χ1v) is 15.3. The Balaban J connectivity index is 1.66. The number of amides is 3. The van der Waals surface area contributed by atoms with E-state index in [0.717, 1.165) is 5.56 Å². The molecule has 0 unspecified atom stereocenters. The summed E-state index contributed by atoms with van der Waals surface area (Å²) in [7, 11) is 0. The molecule has 1 aliphatic rings. The van der Waals surface area contributed by atoms with Gasteiger partial charge in [-0.05, 0) is 72.8 Å². The summed E-state index contributed by atoms with van der Waals surface area (Å²) < 4.78 is 10.6. The third-order valence-electron chi connectivity index (χ3n) is 6.79. The molecule has 0 bridgehead atoms. The molecule has 3 N–H and O–H groups in total. The average molecular weight is 620 g/mol. The van der Waals surface area contributed by atoms with Gasteiger partial charge in [-0.25, -0.2) is 9.59 Å². The molecule has 10 heteroatoms. The highest BCUT2D eigenvalue weighted by Gasteiger charge is 2.31. The van der Waals surface area contributed by atoms with Crippen LogP contribution in [0.25, 0.3) is 0 Å². The van der Waals surface area contributed by atoms with Crippen LogP contribution in [0.4, 0.5) is 9.59 Å². The van der Waals surface area contributed by atoms with Gasteiger partial charge in [-0.2, -0.15) is 0 Å². The normalized spacial score (nSPS) is 13.9. The van der Waals surface area contributed by atoms with E-state index in [1.54, 1.807) is 65.8 Å². The molecular weight excluding hydrogens is 574 g/mol. The van der Waals surface area contributed by atoms with Crippen molar-refractivity contribution >= 4 is 29.7 Å². The number of carbonyl (C=O) groups is 5. The molecule has 1 aliphatic carbocycles. The van der Waals surface area contributed by atoms with Crippen molar-refractivity contribution < 1.29 is 33.4 Å². The van der Waals surface area contributed by atoms with Crippen LogP contribution in [-0.2, 0) is 20.7 Å². The molecular formula is C35H45N3O7. The number of allylic oxidation sites excluding steroid dienone is 2. The zero-order valence-corrected chi connectivity index (χ0v) is 27.1. The zero-order chi connectivity index (χ0) is 33.2. The van der Waals surface area contributed by atoms with E-state index in [1.165, 1.54) is 0 Å². The lowest BCUT2D eigenvalue weighted by Crippen LogP contribution is -2.49. The van der Waals surface area contributed by atoms with Crippen LogP contribution in [0.1, 0.15) is 93.5 Å². The number of benzene rings is 2. The number of carbonyl (C=O) groups excluding carboxylic acids is 5. The van der Waals surface area contributed by atoms with Crippen molar-refractivity contribution in [1.29, 1.82) is 0 Å². The number of rotatable bonds is 12. The van der Waals surface area contributed by atoms with Gasteiger partial charge >= 0.3 is 12.2 Å². The summed E-state index contributed by atoms with van der Waals surface area (Å²) in [5, 5.41) is 8.23. The second kappa shape index (κ2) is 15.5. The SMILES string of the molecule is CC(C)(C)OC(=O)NCCCC1=C(CCCNC(=O)[C@H](Cc2ccccc2)NC(=O)OC(C)(C)C)C(=O)c2ccccc2C1=O. The zero-order valence-electron chi connectivity index (χ0n) is 27.1. The van der Waals surface area contributed by atoms with Crippen molar-refractivity contribution in [3.63, 3.8) is 0 Å². The summed E-state index contributed by atoms with van der Waals surface area (Å²) >= 11 is 0. The quantitative estimate of drug-likeness (QED) is 0.259. The lowest BCUT2D eigenvalue weighted by Gasteiger charge is -2.24. The second-order valence-corrected chi connectivity index (χ2v) is 13.0. The predicted octanol–water partition coefficient (Wildman–Crippen LogP) is 5.70. The number of ether oxygens (including phenoxy) is 2. The van der Waals surface area contributed by atoms with Crippen molar-refractivity contribution in [2.24, 2.45) is 0 Å². The number of hydrogen-bond donors (Lipinski definition) is 3. The van der Waals surface area contributed by atoms with Gasteiger partial charge in [0.2, 0.25) is 5.91 Å². The van der Waals surface area contributed by atoms with E-state index in [4.69, 9.17) is 9.47 Å². The predicted molar refractivity (Wildman–Crippen MR) is 171 cm³/mol. The van der Waals surface area contributed by atoms with Crippen molar-refractivity contribution in [1.82, 2.24) is 16.0 Å². The van der Waals surface area contributed by atoms with E-state index in [2.05, 4.69) is 16.0 Å². The summed E-state index contributed by atoms with van der Waals surface area (Å²) in [6.45, 7) is 11.1. The van der Waals surface area contributed by atoms with Crippen molar-refractivity contribution in [3.8, 4) is 0 Å². The fraction of sp³-hybridized carbons (Fsp3) is 0.457. The molecule has 0 saturated carbocycles. The third kappa shape index (κ3) is 11.2. The van der Waals surface area contributed by atoms with E-state index in [0.29, 0.717) is 41.5 Å². The van der Waals surface area contributed by atoms with Crippen LogP contribution in [0, 0.1) is 0 Å². The third-order valence-corrected chi connectivity index (χ3v) is 6.79. The van der Waals surface area contributed by atoms with Gasteiger partial charge in [-0.15, -0.1) is 0 Å². The average Bonchev–Trinajstić information content (AvgIpc) is 2.95. The van der Waals surface area contributed by atoms with Crippen LogP contribution >= 0.6 is 0 Å². The number of Topliss-reactive ketones (excluding diaryl/α,β-unsaturated/α-hetero) is 2. The number of nitrogens with one attached hydrogen (secondary N) is 3. The Morgan fingerprint density at radius 1 is 0.667 bits per heavy atom. The number of hydrogen-bond acceptors (Lipinski definition) is 7. The Labute approximate surface area is 265 Å². The smallest absolute Gasteiger partial charge is 0.408 e. The maximum Gasteiger partial charge on any atom is 0.408 e. The molecule has 1 atom stereocenters. The van der Waals surface area contributed by atoms with Gasteiger partial charge in [0.15, 0.2) is 11.6 Å². The topological polar surface area (TPSA) is 140 Å². The molecule has 0 aromatic heterocycles. The van der Waals surface area contributed by atoms with E-state index in [1.807, 2.05) is 30.3 Å². The minimum absolute atomic E-state index is 0.203. The number of ketones is 2. The first kappa shape index (κ1) is 35.0. The summed E-state index contributed by atoms with van der Waals surface area (Å²) in [6, 6.07) is 15.2. The summed E-state index contributed by atoms with van der Waals surface area (Å²) in [5.74, 6) is -0.797. The maximum atomic E-state index is 13.5. The highest BCUT2D eigenvalue weighted by atomic mass is 16.6. The molecule has 0 heterocycles. The van der Waals surface area contributed by atoms with Crippen LogP contribution in [0.2, 0.25) is 0 Å². The van der Waals surface area contributed by atoms with E-state index >= 15 is 0 Å². The number of alkyl carbamates (subject to hydrolysis) is 2. The van der Waals surface area contributed by atoms with Crippen molar-refractivity contribution in [2.45, 2.75) is 90.9 Å². The Kier molecular flexibility index (Phi) is 12.1. The monoisotopic (exact) mass is 619 g/mol. The Morgan fingerprint density at radius 2 is 1.13 bits per heavy atom. The van der Waals surface area contributed by atoms with Crippen molar-refractivity contribution in [2.75, 3.05) is 13.1 Å². The van der Waals surface area contributed by atoms with E-state index in [9.17, 15) is 24.0 Å². The summed E-state index contributed by atoms with van der Waals surface area (Å²) in [4.78, 5) is 64.7. The van der Waals surface area contributed by atoms with E-state index in [-0.39, 0.29) is 43.4 Å². The van der Waals surface area contributed by atoms with Gasteiger partial charge < -0.3 is 25.4 Å². The molecule has 10 nitrogen and oxygen atoms in total. The molecule has 0 radical (unpaired) electrons. The van der Waals surface area contributed by atoms with Crippen molar-refractivity contribution in [3.05, 3.63) is 82.4 Å². The van der Waals surface area contributed by atoms with Gasteiger partial charge in [0.25, 0.3) is 0 Å². The van der Waals surface area contributed by atoms with Gasteiger partial charge in [0, 0.05) is 41.8 Å². The first-order chi connectivity index (χ1) is 21.1. The van der Waals surface area contributed by atoms with Crippen LogP contribution < -0.4 is 16.0 Å². The van der Waals surface area contributed by atoms with Gasteiger partial charge in [0.05, 0.1) is 0 Å². The lowest BCUT2D eigenvalue weighted by atomic mass is 9.80. The van der Waals surface area contributed by atoms with Crippen LogP contribution in [-0.4, -0.2) is 60.0 Å². The summed E-state index contributed by atoms with van der Waals surface area (Å²) in [6.07, 6.45) is 0.434. The standard InChI is InChI=1S/C35H45N3O7/c1-34(2,3)44-32(42)37-21-13-19-27-26(29(39)24-16-10-11-17-25(24)30(27)40)18-12-20-36-31(41)28(22-23-14-8-7-9-15-23)38-33(43)45-35(4,5)6/h7-11,14-17,28H,12-13,18-22H2,1-6H3,(H,36,41)(H,37,42)(H,38,43)/t28-/m0/s1. The van der Waals surface area contributed by atoms with Crippen LogP contribution in [0.3, 0.4) is 0 Å². The van der Waals surface area contributed by atoms with Crippen LogP contribution in [0.5, 0.6) is 0 Å². The molecule has 0 fully saturated rings. The first-order valence-electron chi connectivity index (χ1n) is 15.3. The summed E-state index contributed by atoms with van der Waals surface area (Å²) in [5.41, 5.74) is 1.08.